The van der Waals surface area contributed by atoms with Crippen LogP contribution in [0.1, 0.15) is 11.3 Å². The lowest BCUT2D eigenvalue weighted by Gasteiger charge is -2.18. The summed E-state index contributed by atoms with van der Waals surface area (Å²) in [7, 11) is 0. The first kappa shape index (κ1) is 10.9. The van der Waals surface area contributed by atoms with Crippen molar-refractivity contribution in [2.24, 2.45) is 0 Å². The summed E-state index contributed by atoms with van der Waals surface area (Å²) in [6.07, 6.45) is 0.570. The van der Waals surface area contributed by atoms with Crippen molar-refractivity contribution in [1.29, 1.82) is 0 Å². The Hall–Kier alpha value is -1.26. The molecule has 1 aromatic heterocycles. The number of hydrogen-bond donors (Lipinski definition) is 0. The summed E-state index contributed by atoms with van der Waals surface area (Å²) in [6, 6.07) is 2.12. The molecule has 0 radical (unpaired) electrons. The Morgan fingerprint density at radius 2 is 2.00 bits per heavy atom. The summed E-state index contributed by atoms with van der Waals surface area (Å²) < 4.78 is 32.5. The summed E-state index contributed by atoms with van der Waals surface area (Å²) in [5, 5.41) is 0.248. The SMILES string of the molecule is Fc1ccc(F)c2c(Cl)c3c(nc12)CCOC3. The lowest BCUT2D eigenvalue weighted by molar-refractivity contribution is 0.109. The van der Waals surface area contributed by atoms with Gasteiger partial charge in [-0.05, 0) is 12.1 Å². The van der Waals surface area contributed by atoms with Gasteiger partial charge < -0.3 is 4.74 Å². The minimum Gasteiger partial charge on any atom is -0.376 e. The van der Waals surface area contributed by atoms with Crippen LogP contribution in [0.4, 0.5) is 8.78 Å². The molecule has 0 fully saturated rings. The zero-order chi connectivity index (χ0) is 12.0. The van der Waals surface area contributed by atoms with Gasteiger partial charge in [-0.1, -0.05) is 11.6 Å². The van der Waals surface area contributed by atoms with E-state index in [1.807, 2.05) is 0 Å². The molecule has 0 saturated heterocycles. The molecule has 0 unspecified atom stereocenters. The van der Waals surface area contributed by atoms with E-state index in [4.69, 9.17) is 16.3 Å². The van der Waals surface area contributed by atoms with Crippen molar-refractivity contribution >= 4 is 22.5 Å². The average Bonchev–Trinajstić information content (AvgIpc) is 2.34. The highest BCUT2D eigenvalue weighted by Gasteiger charge is 2.21. The summed E-state index contributed by atoms with van der Waals surface area (Å²) in [6.45, 7) is 0.825. The van der Waals surface area contributed by atoms with Crippen LogP contribution in [0.3, 0.4) is 0 Å². The fourth-order valence-electron chi connectivity index (χ4n) is 2.04. The van der Waals surface area contributed by atoms with Gasteiger partial charge >= 0.3 is 0 Å². The van der Waals surface area contributed by atoms with Crippen LogP contribution in [0, 0.1) is 11.6 Å². The van der Waals surface area contributed by atoms with E-state index in [0.717, 1.165) is 12.1 Å². The molecule has 3 rings (SSSR count). The monoisotopic (exact) mass is 255 g/mol. The van der Waals surface area contributed by atoms with Crippen LogP contribution in [0.5, 0.6) is 0 Å². The Kier molecular flexibility index (Phi) is 2.49. The first-order valence-corrected chi connectivity index (χ1v) is 5.59. The van der Waals surface area contributed by atoms with Gasteiger partial charge in [-0.15, -0.1) is 0 Å². The van der Waals surface area contributed by atoms with Crippen molar-refractivity contribution in [1.82, 2.24) is 4.98 Å². The van der Waals surface area contributed by atoms with Crippen molar-refractivity contribution < 1.29 is 13.5 Å². The molecular formula is C12H8ClF2NO. The lowest BCUT2D eigenvalue weighted by Crippen LogP contribution is -2.13. The summed E-state index contributed by atoms with van der Waals surface area (Å²) in [5.74, 6) is -1.12. The van der Waals surface area contributed by atoms with E-state index in [0.29, 0.717) is 30.9 Å². The number of aromatic nitrogens is 1. The van der Waals surface area contributed by atoms with Crippen molar-refractivity contribution in [3.05, 3.63) is 40.0 Å². The van der Waals surface area contributed by atoms with Gasteiger partial charge in [0, 0.05) is 12.0 Å². The van der Waals surface area contributed by atoms with Crippen LogP contribution in [-0.2, 0) is 17.8 Å². The van der Waals surface area contributed by atoms with Gasteiger partial charge in [-0.2, -0.15) is 0 Å². The van der Waals surface area contributed by atoms with E-state index >= 15 is 0 Å². The maximum atomic E-state index is 13.7. The smallest absolute Gasteiger partial charge is 0.149 e. The molecule has 0 spiro atoms. The zero-order valence-corrected chi connectivity index (χ0v) is 9.52. The molecule has 2 heterocycles. The fraction of sp³-hybridized carbons (Fsp3) is 0.250. The molecule has 0 N–H and O–H groups in total. The third kappa shape index (κ3) is 1.59. The average molecular weight is 256 g/mol. The summed E-state index contributed by atoms with van der Waals surface area (Å²) in [5.41, 5.74) is 1.35. The maximum Gasteiger partial charge on any atom is 0.149 e. The molecule has 5 heteroatoms. The van der Waals surface area contributed by atoms with Crippen molar-refractivity contribution in [2.75, 3.05) is 6.61 Å². The zero-order valence-electron chi connectivity index (χ0n) is 8.77. The Morgan fingerprint density at radius 1 is 1.24 bits per heavy atom. The minimum atomic E-state index is -0.563. The molecule has 0 saturated carbocycles. The quantitative estimate of drug-likeness (QED) is 0.721. The van der Waals surface area contributed by atoms with E-state index in [1.165, 1.54) is 0 Å². The molecule has 1 aliphatic rings. The predicted octanol–water partition coefficient (Wildman–Crippen LogP) is 3.24. The van der Waals surface area contributed by atoms with E-state index in [2.05, 4.69) is 4.98 Å². The molecule has 2 aromatic rings. The predicted molar refractivity (Wildman–Crippen MR) is 60.0 cm³/mol. The standard InChI is InChI=1S/C12H8ClF2NO/c13-11-6-5-17-4-3-9(6)16-12-8(15)2-1-7(14)10(11)12/h1-2H,3-5H2. The number of pyridine rings is 1. The number of fused-ring (bicyclic) bond motifs is 2. The Labute approximate surface area is 101 Å². The second kappa shape index (κ2) is 3.89. The Bertz CT molecular complexity index is 615. The topological polar surface area (TPSA) is 22.1 Å². The lowest BCUT2D eigenvalue weighted by atomic mass is 10.1. The molecule has 0 aliphatic carbocycles. The first-order chi connectivity index (χ1) is 8.18. The molecule has 1 aromatic carbocycles. The van der Waals surface area contributed by atoms with E-state index in [9.17, 15) is 8.78 Å². The van der Waals surface area contributed by atoms with Crippen LogP contribution < -0.4 is 0 Å². The van der Waals surface area contributed by atoms with E-state index in [-0.39, 0.29) is 15.9 Å². The largest absolute Gasteiger partial charge is 0.376 e. The highest BCUT2D eigenvalue weighted by atomic mass is 35.5. The molecule has 17 heavy (non-hydrogen) atoms. The summed E-state index contributed by atoms with van der Waals surface area (Å²) >= 11 is 6.11. The van der Waals surface area contributed by atoms with Crippen LogP contribution in [0.25, 0.3) is 10.9 Å². The van der Waals surface area contributed by atoms with Gasteiger partial charge in [0.15, 0.2) is 0 Å². The van der Waals surface area contributed by atoms with Crippen LogP contribution >= 0.6 is 11.6 Å². The van der Waals surface area contributed by atoms with Crippen molar-refractivity contribution in [3.8, 4) is 0 Å². The van der Waals surface area contributed by atoms with Gasteiger partial charge in [-0.25, -0.2) is 13.8 Å². The normalized spacial score (nSPS) is 15.0. The molecule has 0 atom stereocenters. The summed E-state index contributed by atoms with van der Waals surface area (Å²) in [4.78, 5) is 4.16. The van der Waals surface area contributed by atoms with Gasteiger partial charge in [0.05, 0.1) is 29.3 Å². The number of halogens is 3. The number of ether oxygens (including phenoxy) is 1. The highest BCUT2D eigenvalue weighted by Crippen LogP contribution is 2.33. The Morgan fingerprint density at radius 3 is 2.82 bits per heavy atom. The van der Waals surface area contributed by atoms with Crippen LogP contribution in [-0.4, -0.2) is 11.6 Å². The molecule has 0 bridgehead atoms. The molecule has 2 nitrogen and oxygen atoms in total. The second-order valence-electron chi connectivity index (χ2n) is 3.91. The van der Waals surface area contributed by atoms with Gasteiger partial charge in [0.2, 0.25) is 0 Å². The van der Waals surface area contributed by atoms with Crippen LogP contribution in [0.2, 0.25) is 5.02 Å². The minimum absolute atomic E-state index is 0.00403. The fourth-order valence-corrected chi connectivity index (χ4v) is 2.38. The van der Waals surface area contributed by atoms with E-state index in [1.54, 1.807) is 0 Å². The number of hydrogen-bond acceptors (Lipinski definition) is 2. The van der Waals surface area contributed by atoms with Crippen molar-refractivity contribution in [2.45, 2.75) is 13.0 Å². The Balaban J connectivity index is 2.44. The molecular weight excluding hydrogens is 248 g/mol. The van der Waals surface area contributed by atoms with E-state index < -0.39 is 11.6 Å². The highest BCUT2D eigenvalue weighted by molar-refractivity contribution is 6.36. The number of rotatable bonds is 0. The van der Waals surface area contributed by atoms with Crippen molar-refractivity contribution in [3.63, 3.8) is 0 Å². The number of nitrogens with zero attached hydrogens (tertiary/aromatic N) is 1. The molecule has 88 valence electrons. The van der Waals surface area contributed by atoms with Crippen LogP contribution in [0.15, 0.2) is 12.1 Å². The third-order valence-electron chi connectivity index (χ3n) is 2.89. The molecule has 0 amide bonds. The number of benzene rings is 1. The van der Waals surface area contributed by atoms with Gasteiger partial charge in [0.1, 0.15) is 17.2 Å². The van der Waals surface area contributed by atoms with Gasteiger partial charge in [0.25, 0.3) is 0 Å². The van der Waals surface area contributed by atoms with Gasteiger partial charge in [-0.3, -0.25) is 0 Å². The third-order valence-corrected chi connectivity index (χ3v) is 3.30. The molecule has 1 aliphatic heterocycles. The second-order valence-corrected chi connectivity index (χ2v) is 4.28. The first-order valence-electron chi connectivity index (χ1n) is 5.21. The maximum absolute atomic E-state index is 13.7.